The summed E-state index contributed by atoms with van der Waals surface area (Å²) in [5, 5.41) is 15.9. The van der Waals surface area contributed by atoms with Gasteiger partial charge in [-0.25, -0.2) is 9.48 Å². The van der Waals surface area contributed by atoms with Gasteiger partial charge in [0.2, 0.25) is 5.91 Å². The molecule has 2 rings (SSSR count). The molecule has 1 aromatic heterocycles. The predicted octanol–water partition coefficient (Wildman–Crippen LogP) is 2.03. The summed E-state index contributed by atoms with van der Waals surface area (Å²) in [6.45, 7) is 3.72. The van der Waals surface area contributed by atoms with Crippen molar-refractivity contribution in [3.63, 3.8) is 0 Å². The molecule has 0 fully saturated rings. The number of carboxylic acids is 1. The van der Waals surface area contributed by atoms with E-state index in [0.29, 0.717) is 6.42 Å². The zero-order valence-electron chi connectivity index (χ0n) is 13.3. The van der Waals surface area contributed by atoms with Gasteiger partial charge in [-0.2, -0.15) is 5.10 Å². The Bertz CT molecular complexity index is 650. The Morgan fingerprint density at radius 3 is 2.52 bits per heavy atom. The lowest BCUT2D eigenvalue weighted by Crippen LogP contribution is -2.45. The summed E-state index contributed by atoms with van der Waals surface area (Å²) in [7, 11) is 0. The Kier molecular flexibility index (Phi) is 5.51. The van der Waals surface area contributed by atoms with E-state index in [9.17, 15) is 14.7 Å². The smallest absolute Gasteiger partial charge is 0.326 e. The van der Waals surface area contributed by atoms with Crippen molar-refractivity contribution in [3.05, 3.63) is 48.3 Å². The number of carboxylic acid groups (broad SMARTS) is 1. The lowest BCUT2D eigenvalue weighted by Gasteiger charge is -2.20. The number of aliphatic carboxylic acids is 1. The molecule has 6 nitrogen and oxygen atoms in total. The van der Waals surface area contributed by atoms with Gasteiger partial charge in [0.25, 0.3) is 0 Å². The number of benzene rings is 1. The fraction of sp³-hybridized carbons (Fsp3) is 0.353. The average molecular weight is 315 g/mol. The summed E-state index contributed by atoms with van der Waals surface area (Å²) < 4.78 is 1.73. The number of carbonyl (C=O) groups is 2. The zero-order valence-corrected chi connectivity index (χ0v) is 13.3. The third-order valence-corrected chi connectivity index (χ3v) is 3.87. The number of nitrogens with zero attached hydrogens (tertiary/aromatic N) is 2. The topological polar surface area (TPSA) is 84.2 Å². The summed E-state index contributed by atoms with van der Waals surface area (Å²) in [6.07, 6.45) is 4.38. The fourth-order valence-electron chi connectivity index (χ4n) is 2.28. The molecule has 2 atom stereocenters. The highest BCUT2D eigenvalue weighted by Gasteiger charge is 2.25. The summed E-state index contributed by atoms with van der Waals surface area (Å²) in [6, 6.07) is 8.42. The molecule has 0 aliphatic heterocycles. The van der Waals surface area contributed by atoms with Gasteiger partial charge in [-0.3, -0.25) is 4.79 Å². The summed E-state index contributed by atoms with van der Waals surface area (Å²) in [5.41, 5.74) is 1.73. The van der Waals surface area contributed by atoms with Crippen molar-refractivity contribution in [3.8, 4) is 5.69 Å². The average Bonchev–Trinajstić information content (AvgIpc) is 3.06. The van der Waals surface area contributed by atoms with Gasteiger partial charge in [-0.15, -0.1) is 0 Å². The van der Waals surface area contributed by atoms with Gasteiger partial charge in [0, 0.05) is 12.4 Å². The first-order valence-electron chi connectivity index (χ1n) is 7.62. The Morgan fingerprint density at radius 2 is 2.00 bits per heavy atom. The van der Waals surface area contributed by atoms with Crippen molar-refractivity contribution in [1.29, 1.82) is 0 Å². The molecule has 1 aromatic carbocycles. The lowest BCUT2D eigenvalue weighted by atomic mass is 9.99. The van der Waals surface area contributed by atoms with E-state index in [4.69, 9.17) is 0 Å². The van der Waals surface area contributed by atoms with Crippen LogP contribution in [-0.2, 0) is 16.0 Å². The van der Waals surface area contributed by atoms with Crippen LogP contribution in [-0.4, -0.2) is 32.8 Å². The largest absolute Gasteiger partial charge is 0.480 e. The van der Waals surface area contributed by atoms with E-state index in [1.54, 1.807) is 10.9 Å². The lowest BCUT2D eigenvalue weighted by molar-refractivity contribution is -0.143. The Labute approximate surface area is 135 Å². The summed E-state index contributed by atoms with van der Waals surface area (Å²) in [4.78, 5) is 23.3. The van der Waals surface area contributed by atoms with Crippen LogP contribution in [0.4, 0.5) is 0 Å². The molecule has 0 aliphatic carbocycles. The first kappa shape index (κ1) is 16.7. The molecule has 1 heterocycles. The number of nitrogens with one attached hydrogen (secondary N) is 1. The molecule has 2 N–H and O–H groups in total. The van der Waals surface area contributed by atoms with Crippen LogP contribution in [0.15, 0.2) is 42.7 Å². The quantitative estimate of drug-likeness (QED) is 0.819. The molecular formula is C17H21N3O3. The van der Waals surface area contributed by atoms with E-state index >= 15 is 0 Å². The van der Waals surface area contributed by atoms with Crippen LogP contribution < -0.4 is 5.32 Å². The molecule has 0 aliphatic rings. The second kappa shape index (κ2) is 7.58. The molecule has 23 heavy (non-hydrogen) atoms. The molecule has 1 amide bonds. The first-order valence-corrected chi connectivity index (χ1v) is 7.62. The molecule has 0 unspecified atom stereocenters. The molecular weight excluding hydrogens is 294 g/mol. The Hall–Kier alpha value is -2.63. The zero-order chi connectivity index (χ0) is 16.8. The second-order valence-electron chi connectivity index (χ2n) is 5.56. The monoisotopic (exact) mass is 315 g/mol. The third-order valence-electron chi connectivity index (χ3n) is 3.87. The van der Waals surface area contributed by atoms with E-state index in [-0.39, 0.29) is 18.2 Å². The van der Waals surface area contributed by atoms with E-state index in [1.807, 2.05) is 50.4 Å². The van der Waals surface area contributed by atoms with Crippen molar-refractivity contribution in [2.45, 2.75) is 32.7 Å². The number of hydrogen-bond acceptors (Lipinski definition) is 3. The van der Waals surface area contributed by atoms with Gasteiger partial charge in [0.05, 0.1) is 12.1 Å². The van der Waals surface area contributed by atoms with Crippen LogP contribution in [0.25, 0.3) is 5.69 Å². The molecule has 0 spiro atoms. The maximum Gasteiger partial charge on any atom is 0.326 e. The second-order valence-corrected chi connectivity index (χ2v) is 5.56. The van der Waals surface area contributed by atoms with Crippen LogP contribution in [0.3, 0.4) is 0 Å². The molecule has 0 saturated carbocycles. The normalized spacial score (nSPS) is 13.3. The molecule has 2 aromatic rings. The predicted molar refractivity (Wildman–Crippen MR) is 86.3 cm³/mol. The number of carbonyl (C=O) groups excluding carboxylic acids is 1. The SMILES string of the molecule is CC[C@H](C)[C@H](NC(=O)Cc1ccc(-n2cccn2)cc1)C(=O)O. The maximum absolute atomic E-state index is 12.1. The van der Waals surface area contributed by atoms with Crippen molar-refractivity contribution < 1.29 is 14.7 Å². The Balaban J connectivity index is 1.98. The van der Waals surface area contributed by atoms with E-state index in [0.717, 1.165) is 11.3 Å². The van der Waals surface area contributed by atoms with Gasteiger partial charge in [-0.1, -0.05) is 32.4 Å². The number of hydrogen-bond donors (Lipinski definition) is 2. The van der Waals surface area contributed by atoms with Gasteiger partial charge in [0.1, 0.15) is 6.04 Å². The minimum Gasteiger partial charge on any atom is -0.480 e. The van der Waals surface area contributed by atoms with Crippen molar-refractivity contribution >= 4 is 11.9 Å². The van der Waals surface area contributed by atoms with Crippen LogP contribution in [0, 0.1) is 5.92 Å². The number of rotatable bonds is 7. The molecule has 0 bridgehead atoms. The molecule has 0 radical (unpaired) electrons. The van der Waals surface area contributed by atoms with Crippen LogP contribution in [0.1, 0.15) is 25.8 Å². The highest BCUT2D eigenvalue weighted by atomic mass is 16.4. The van der Waals surface area contributed by atoms with Crippen molar-refractivity contribution in [2.24, 2.45) is 5.92 Å². The minimum atomic E-state index is -0.998. The highest BCUT2D eigenvalue weighted by molar-refractivity contribution is 5.85. The Morgan fingerprint density at radius 1 is 1.30 bits per heavy atom. The number of aromatic nitrogens is 2. The van der Waals surface area contributed by atoms with Crippen LogP contribution in [0.2, 0.25) is 0 Å². The fourth-order valence-corrected chi connectivity index (χ4v) is 2.28. The minimum absolute atomic E-state index is 0.112. The maximum atomic E-state index is 12.1. The van der Waals surface area contributed by atoms with E-state index < -0.39 is 12.0 Å². The standard InChI is InChI=1S/C17H21N3O3/c1-3-12(2)16(17(22)23)19-15(21)11-13-5-7-14(8-6-13)20-10-4-9-18-20/h4-10,12,16H,3,11H2,1-2H3,(H,19,21)(H,22,23)/t12-,16-/m0/s1. The number of amides is 1. The summed E-state index contributed by atoms with van der Waals surface area (Å²) >= 11 is 0. The van der Waals surface area contributed by atoms with Gasteiger partial charge < -0.3 is 10.4 Å². The molecule has 0 saturated heterocycles. The molecule has 122 valence electrons. The van der Waals surface area contributed by atoms with E-state index in [2.05, 4.69) is 10.4 Å². The first-order chi connectivity index (χ1) is 11.0. The molecule has 6 heteroatoms. The highest BCUT2D eigenvalue weighted by Crippen LogP contribution is 2.11. The van der Waals surface area contributed by atoms with Crippen LogP contribution in [0.5, 0.6) is 0 Å². The van der Waals surface area contributed by atoms with E-state index in [1.165, 1.54) is 0 Å². The summed E-state index contributed by atoms with van der Waals surface area (Å²) in [5.74, 6) is -1.40. The van der Waals surface area contributed by atoms with Gasteiger partial charge in [-0.05, 0) is 29.7 Å². The third kappa shape index (κ3) is 4.42. The van der Waals surface area contributed by atoms with Gasteiger partial charge >= 0.3 is 5.97 Å². The van der Waals surface area contributed by atoms with Crippen LogP contribution >= 0.6 is 0 Å². The van der Waals surface area contributed by atoms with Crippen molar-refractivity contribution in [2.75, 3.05) is 0 Å². The van der Waals surface area contributed by atoms with Crippen molar-refractivity contribution in [1.82, 2.24) is 15.1 Å². The van der Waals surface area contributed by atoms with Gasteiger partial charge in [0.15, 0.2) is 0 Å².